The van der Waals surface area contributed by atoms with Gasteiger partial charge in [-0.15, -0.1) is 0 Å². The monoisotopic (exact) mass is 232 g/mol. The Kier molecular flexibility index (Phi) is 3.31. The van der Waals surface area contributed by atoms with Crippen LogP contribution in [-0.2, 0) is 10.7 Å². The highest BCUT2D eigenvalue weighted by molar-refractivity contribution is 5.68. The number of carbonyl (C=O) groups is 1. The van der Waals surface area contributed by atoms with E-state index in [-0.39, 0.29) is 5.75 Å². The van der Waals surface area contributed by atoms with Crippen molar-refractivity contribution in [2.75, 3.05) is 7.11 Å². The Labute approximate surface area is 90.1 Å². The van der Waals surface area contributed by atoms with Crippen molar-refractivity contribution in [3.05, 3.63) is 23.8 Å². The van der Waals surface area contributed by atoms with Crippen molar-refractivity contribution >= 4 is 5.97 Å². The summed E-state index contributed by atoms with van der Waals surface area (Å²) in [7, 11) is 1.32. The summed E-state index contributed by atoms with van der Waals surface area (Å²) < 4.78 is 31.4. The van der Waals surface area contributed by atoms with Crippen molar-refractivity contribution < 1.29 is 28.5 Å². The summed E-state index contributed by atoms with van der Waals surface area (Å²) in [5.74, 6) is -5.72. The minimum absolute atomic E-state index is 0.215. The van der Waals surface area contributed by atoms with Crippen LogP contribution >= 0.6 is 0 Å². The molecular weight excluding hydrogens is 222 g/mol. The van der Waals surface area contributed by atoms with E-state index in [1.807, 2.05) is 0 Å². The first kappa shape index (κ1) is 12.2. The number of carboxylic acids is 1. The standard InChI is InChI=1S/C10H10F2O4/c1-16-6-2-3-7(8(13)4-6)10(11,12)5-9(14)15/h2-4,13H,5H2,1H3,(H,14,15). The summed E-state index contributed by atoms with van der Waals surface area (Å²) in [5, 5.41) is 17.6. The molecule has 1 aromatic rings. The van der Waals surface area contributed by atoms with E-state index < -0.39 is 29.6 Å². The molecular formula is C10H10F2O4. The number of carboxylic acid groups (broad SMARTS) is 1. The number of alkyl halides is 2. The highest BCUT2D eigenvalue weighted by Gasteiger charge is 2.37. The van der Waals surface area contributed by atoms with Crippen molar-refractivity contribution in [1.29, 1.82) is 0 Å². The molecule has 2 N–H and O–H groups in total. The van der Waals surface area contributed by atoms with E-state index >= 15 is 0 Å². The second kappa shape index (κ2) is 4.34. The summed E-state index contributed by atoms with van der Waals surface area (Å²) in [6, 6.07) is 3.17. The second-order valence-corrected chi connectivity index (χ2v) is 3.16. The third-order valence-electron chi connectivity index (χ3n) is 1.97. The number of ether oxygens (including phenoxy) is 1. The molecule has 0 aliphatic carbocycles. The smallest absolute Gasteiger partial charge is 0.309 e. The first-order valence-electron chi connectivity index (χ1n) is 4.34. The Morgan fingerprint density at radius 3 is 2.56 bits per heavy atom. The minimum atomic E-state index is -3.61. The van der Waals surface area contributed by atoms with Crippen LogP contribution in [0.2, 0.25) is 0 Å². The van der Waals surface area contributed by atoms with E-state index in [0.29, 0.717) is 0 Å². The topological polar surface area (TPSA) is 66.8 Å². The van der Waals surface area contributed by atoms with E-state index in [4.69, 9.17) is 9.84 Å². The molecule has 4 nitrogen and oxygen atoms in total. The molecule has 0 radical (unpaired) electrons. The molecule has 0 saturated carbocycles. The van der Waals surface area contributed by atoms with Crippen LogP contribution in [-0.4, -0.2) is 23.3 Å². The van der Waals surface area contributed by atoms with E-state index in [9.17, 15) is 18.7 Å². The molecule has 16 heavy (non-hydrogen) atoms. The van der Waals surface area contributed by atoms with Crippen molar-refractivity contribution in [2.45, 2.75) is 12.3 Å². The highest BCUT2D eigenvalue weighted by atomic mass is 19.3. The molecule has 0 spiro atoms. The van der Waals surface area contributed by atoms with Gasteiger partial charge in [0.25, 0.3) is 5.92 Å². The van der Waals surface area contributed by atoms with Crippen LogP contribution in [0.25, 0.3) is 0 Å². The molecule has 0 heterocycles. The lowest BCUT2D eigenvalue weighted by Gasteiger charge is -2.16. The normalized spacial score (nSPS) is 11.2. The Balaban J connectivity index is 3.08. The largest absolute Gasteiger partial charge is 0.507 e. The molecule has 0 atom stereocenters. The number of benzene rings is 1. The van der Waals surface area contributed by atoms with Crippen LogP contribution < -0.4 is 4.74 Å². The zero-order valence-electron chi connectivity index (χ0n) is 8.41. The SMILES string of the molecule is COc1ccc(C(F)(F)CC(=O)O)c(O)c1. The fourth-order valence-electron chi connectivity index (χ4n) is 1.23. The van der Waals surface area contributed by atoms with Gasteiger partial charge in [0.15, 0.2) is 0 Å². The van der Waals surface area contributed by atoms with Gasteiger partial charge in [0.1, 0.15) is 17.9 Å². The van der Waals surface area contributed by atoms with Crippen molar-refractivity contribution in [3.8, 4) is 11.5 Å². The number of hydrogen-bond acceptors (Lipinski definition) is 3. The van der Waals surface area contributed by atoms with Crippen LogP contribution in [0.5, 0.6) is 11.5 Å². The third kappa shape index (κ3) is 2.59. The van der Waals surface area contributed by atoms with Crippen molar-refractivity contribution in [1.82, 2.24) is 0 Å². The number of phenolic OH excluding ortho intramolecular Hbond substituents is 1. The molecule has 0 fully saturated rings. The molecule has 0 bridgehead atoms. The van der Waals surface area contributed by atoms with Crippen LogP contribution in [0.4, 0.5) is 8.78 Å². The molecule has 1 aromatic carbocycles. The summed E-state index contributed by atoms with van der Waals surface area (Å²) in [6.45, 7) is 0. The third-order valence-corrected chi connectivity index (χ3v) is 1.97. The van der Waals surface area contributed by atoms with Gasteiger partial charge < -0.3 is 14.9 Å². The van der Waals surface area contributed by atoms with Gasteiger partial charge in [-0.2, -0.15) is 0 Å². The van der Waals surface area contributed by atoms with Gasteiger partial charge in [0, 0.05) is 6.07 Å². The lowest BCUT2D eigenvalue weighted by atomic mass is 10.0. The van der Waals surface area contributed by atoms with E-state index in [1.54, 1.807) is 0 Å². The van der Waals surface area contributed by atoms with Crippen molar-refractivity contribution in [3.63, 3.8) is 0 Å². The van der Waals surface area contributed by atoms with Gasteiger partial charge in [-0.05, 0) is 12.1 Å². The van der Waals surface area contributed by atoms with E-state index in [0.717, 1.165) is 12.1 Å². The van der Waals surface area contributed by atoms with E-state index in [1.165, 1.54) is 13.2 Å². The molecule has 1 rings (SSSR count). The fraction of sp³-hybridized carbons (Fsp3) is 0.300. The Morgan fingerprint density at radius 1 is 1.50 bits per heavy atom. The first-order valence-corrected chi connectivity index (χ1v) is 4.34. The highest BCUT2D eigenvalue weighted by Crippen LogP contribution is 2.38. The summed E-state index contributed by atoms with van der Waals surface area (Å²) in [5.41, 5.74) is -0.726. The lowest BCUT2D eigenvalue weighted by Crippen LogP contribution is -2.18. The molecule has 0 unspecified atom stereocenters. The second-order valence-electron chi connectivity index (χ2n) is 3.16. The summed E-state index contributed by atoms with van der Waals surface area (Å²) >= 11 is 0. The summed E-state index contributed by atoms with van der Waals surface area (Å²) in [6.07, 6.45) is -1.37. The van der Waals surface area contributed by atoms with Gasteiger partial charge in [0.05, 0.1) is 12.7 Å². The van der Waals surface area contributed by atoms with Gasteiger partial charge >= 0.3 is 5.97 Å². The zero-order chi connectivity index (χ0) is 12.3. The number of halogens is 2. The molecule has 0 aromatic heterocycles. The molecule has 0 saturated heterocycles. The first-order chi connectivity index (χ1) is 7.36. The number of hydrogen-bond donors (Lipinski definition) is 2. The van der Waals surface area contributed by atoms with Crippen LogP contribution in [0.15, 0.2) is 18.2 Å². The van der Waals surface area contributed by atoms with Crippen LogP contribution in [0, 0.1) is 0 Å². The zero-order valence-corrected chi connectivity index (χ0v) is 8.41. The quantitative estimate of drug-likeness (QED) is 0.832. The maximum atomic E-state index is 13.3. The molecule has 0 aliphatic rings. The minimum Gasteiger partial charge on any atom is -0.507 e. The average molecular weight is 232 g/mol. The van der Waals surface area contributed by atoms with Crippen molar-refractivity contribution in [2.24, 2.45) is 0 Å². The maximum absolute atomic E-state index is 13.3. The Hall–Kier alpha value is -1.85. The molecule has 0 aliphatic heterocycles. The Morgan fingerprint density at radius 2 is 2.12 bits per heavy atom. The molecule has 0 amide bonds. The predicted octanol–water partition coefficient (Wildman–Crippen LogP) is 1.97. The average Bonchev–Trinajstić information content (AvgIpc) is 2.14. The molecule has 6 heteroatoms. The number of aliphatic carboxylic acids is 1. The number of methoxy groups -OCH3 is 1. The van der Waals surface area contributed by atoms with Gasteiger partial charge in [-0.1, -0.05) is 0 Å². The van der Waals surface area contributed by atoms with Gasteiger partial charge in [-0.25, -0.2) is 8.78 Å². The van der Waals surface area contributed by atoms with E-state index in [2.05, 4.69) is 0 Å². The Bertz CT molecular complexity index is 404. The fourth-order valence-corrected chi connectivity index (χ4v) is 1.23. The van der Waals surface area contributed by atoms with Crippen LogP contribution in [0.3, 0.4) is 0 Å². The van der Waals surface area contributed by atoms with Crippen LogP contribution in [0.1, 0.15) is 12.0 Å². The molecule has 88 valence electrons. The number of aromatic hydroxyl groups is 1. The lowest BCUT2D eigenvalue weighted by molar-refractivity contribution is -0.145. The number of rotatable bonds is 4. The maximum Gasteiger partial charge on any atom is 0.309 e. The predicted molar refractivity (Wildman–Crippen MR) is 50.8 cm³/mol. The summed E-state index contributed by atoms with van der Waals surface area (Å²) in [4.78, 5) is 10.2. The van der Waals surface area contributed by atoms with Gasteiger partial charge in [-0.3, -0.25) is 4.79 Å². The van der Waals surface area contributed by atoms with Gasteiger partial charge in [0.2, 0.25) is 0 Å². The number of phenols is 1.